The molecule has 0 bridgehead atoms. The van der Waals surface area contributed by atoms with Gasteiger partial charge in [-0.3, -0.25) is 4.68 Å². The van der Waals surface area contributed by atoms with Gasteiger partial charge in [-0.1, -0.05) is 0 Å². The average molecular weight is 233 g/mol. The van der Waals surface area contributed by atoms with Crippen LogP contribution in [0, 0.1) is 5.92 Å². The van der Waals surface area contributed by atoms with E-state index >= 15 is 0 Å². The van der Waals surface area contributed by atoms with Crippen LogP contribution in [0.25, 0.3) is 0 Å². The molecule has 1 unspecified atom stereocenters. The normalized spacial score (nSPS) is 21.7. The molecule has 0 spiro atoms. The average Bonchev–Trinajstić information content (AvgIpc) is 3.23. The lowest BCUT2D eigenvalue weighted by molar-refractivity contribution is 0.439. The Kier molecular flexibility index (Phi) is 3.19. The molecule has 3 rings (SSSR count). The molecule has 0 aliphatic heterocycles. The van der Waals surface area contributed by atoms with Crippen molar-refractivity contribution in [3.05, 3.63) is 18.0 Å². The van der Waals surface area contributed by atoms with Crippen molar-refractivity contribution in [2.75, 3.05) is 6.54 Å². The van der Waals surface area contributed by atoms with Gasteiger partial charge in [-0.2, -0.15) is 5.10 Å². The number of nitrogens with zero attached hydrogens (tertiary/aromatic N) is 2. The third kappa shape index (κ3) is 3.09. The summed E-state index contributed by atoms with van der Waals surface area (Å²) in [5, 5.41) is 8.06. The van der Waals surface area contributed by atoms with Crippen molar-refractivity contribution in [2.24, 2.45) is 5.92 Å². The predicted molar refractivity (Wildman–Crippen MR) is 69.0 cm³/mol. The van der Waals surface area contributed by atoms with E-state index in [-0.39, 0.29) is 0 Å². The van der Waals surface area contributed by atoms with E-state index < -0.39 is 0 Å². The third-order valence-corrected chi connectivity index (χ3v) is 4.03. The molecule has 1 aromatic rings. The van der Waals surface area contributed by atoms with Crippen LogP contribution in [0.4, 0.5) is 0 Å². The Morgan fingerprint density at radius 2 is 2.24 bits per heavy atom. The maximum Gasteiger partial charge on any atom is 0.0521 e. The summed E-state index contributed by atoms with van der Waals surface area (Å²) in [5.41, 5.74) is 1.40. The zero-order valence-electron chi connectivity index (χ0n) is 10.7. The van der Waals surface area contributed by atoms with Crippen LogP contribution in [-0.2, 0) is 6.42 Å². The van der Waals surface area contributed by atoms with Gasteiger partial charge in [0.2, 0.25) is 0 Å². The van der Waals surface area contributed by atoms with Gasteiger partial charge in [-0.05, 0) is 63.5 Å². The monoisotopic (exact) mass is 233 g/mol. The highest BCUT2D eigenvalue weighted by molar-refractivity contribution is 5.05. The van der Waals surface area contributed by atoms with Crippen LogP contribution in [0.5, 0.6) is 0 Å². The summed E-state index contributed by atoms with van der Waals surface area (Å²) in [7, 11) is 0. The maximum absolute atomic E-state index is 4.50. The van der Waals surface area contributed by atoms with Crippen molar-refractivity contribution in [3.8, 4) is 0 Å². The van der Waals surface area contributed by atoms with Gasteiger partial charge >= 0.3 is 0 Å². The lowest BCUT2D eigenvalue weighted by Gasteiger charge is -2.09. The Balaban J connectivity index is 1.42. The van der Waals surface area contributed by atoms with E-state index in [1.165, 1.54) is 37.7 Å². The second kappa shape index (κ2) is 4.81. The van der Waals surface area contributed by atoms with Crippen molar-refractivity contribution in [2.45, 2.75) is 57.5 Å². The molecule has 94 valence electrons. The first-order valence-corrected chi connectivity index (χ1v) is 7.09. The highest BCUT2D eigenvalue weighted by Gasteiger charge is 2.29. The van der Waals surface area contributed by atoms with Crippen molar-refractivity contribution in [1.29, 1.82) is 0 Å². The Morgan fingerprint density at radius 1 is 1.41 bits per heavy atom. The van der Waals surface area contributed by atoms with Crippen LogP contribution in [0.1, 0.15) is 50.6 Å². The van der Waals surface area contributed by atoms with E-state index in [0.717, 1.165) is 24.9 Å². The number of nitrogens with one attached hydrogen (secondary N) is 1. The van der Waals surface area contributed by atoms with Gasteiger partial charge in [0.1, 0.15) is 0 Å². The van der Waals surface area contributed by atoms with E-state index in [0.29, 0.717) is 6.04 Å². The smallest absolute Gasteiger partial charge is 0.0521 e. The first-order chi connectivity index (χ1) is 8.33. The Labute approximate surface area is 104 Å². The lowest BCUT2D eigenvalue weighted by Crippen LogP contribution is -2.17. The van der Waals surface area contributed by atoms with Gasteiger partial charge in [0, 0.05) is 12.2 Å². The van der Waals surface area contributed by atoms with E-state index in [1.54, 1.807) is 0 Å². The number of aromatic nitrogens is 2. The summed E-state index contributed by atoms with van der Waals surface area (Å²) in [6.45, 7) is 3.46. The van der Waals surface area contributed by atoms with Crippen LogP contribution in [-0.4, -0.2) is 22.4 Å². The molecule has 3 nitrogen and oxygen atoms in total. The van der Waals surface area contributed by atoms with E-state index in [1.807, 2.05) is 0 Å². The van der Waals surface area contributed by atoms with E-state index in [4.69, 9.17) is 0 Å². The minimum atomic E-state index is 0.605. The SMILES string of the molecule is CC(C1CC1)n1cc(CCCNC2CC2)cn1. The second-order valence-electron chi connectivity index (χ2n) is 5.74. The molecule has 1 atom stereocenters. The summed E-state index contributed by atoms with van der Waals surface area (Å²) in [6.07, 6.45) is 12.3. The molecule has 0 amide bonds. The molecular weight excluding hydrogens is 210 g/mol. The summed E-state index contributed by atoms with van der Waals surface area (Å²) in [4.78, 5) is 0. The molecule has 1 N–H and O–H groups in total. The van der Waals surface area contributed by atoms with Crippen LogP contribution >= 0.6 is 0 Å². The highest BCUT2D eigenvalue weighted by Crippen LogP contribution is 2.39. The third-order valence-electron chi connectivity index (χ3n) is 4.03. The molecule has 2 fully saturated rings. The fourth-order valence-corrected chi connectivity index (χ4v) is 2.41. The van der Waals surface area contributed by atoms with Gasteiger partial charge in [0.25, 0.3) is 0 Å². The number of hydrogen-bond donors (Lipinski definition) is 1. The van der Waals surface area contributed by atoms with Gasteiger partial charge in [-0.15, -0.1) is 0 Å². The molecule has 3 heteroatoms. The van der Waals surface area contributed by atoms with E-state index in [9.17, 15) is 0 Å². The van der Waals surface area contributed by atoms with Gasteiger partial charge in [-0.25, -0.2) is 0 Å². The van der Waals surface area contributed by atoms with Crippen LogP contribution in [0.15, 0.2) is 12.4 Å². The molecule has 0 saturated heterocycles. The Morgan fingerprint density at radius 3 is 2.94 bits per heavy atom. The number of rotatable bonds is 7. The van der Waals surface area contributed by atoms with E-state index in [2.05, 4.69) is 34.4 Å². The summed E-state index contributed by atoms with van der Waals surface area (Å²) >= 11 is 0. The summed E-state index contributed by atoms with van der Waals surface area (Å²) < 4.78 is 2.17. The molecule has 1 aromatic heterocycles. The zero-order valence-corrected chi connectivity index (χ0v) is 10.7. The van der Waals surface area contributed by atoms with Crippen LogP contribution < -0.4 is 5.32 Å². The standard InChI is InChI=1S/C14H23N3/c1-11(13-4-5-13)17-10-12(9-16-17)3-2-8-15-14-6-7-14/h9-11,13-15H,2-8H2,1H3. The minimum absolute atomic E-state index is 0.605. The van der Waals surface area contributed by atoms with Crippen molar-refractivity contribution in [3.63, 3.8) is 0 Å². The predicted octanol–water partition coefficient (Wildman–Crippen LogP) is 2.54. The fourth-order valence-electron chi connectivity index (χ4n) is 2.41. The van der Waals surface area contributed by atoms with Gasteiger partial charge in [0.15, 0.2) is 0 Å². The first kappa shape index (κ1) is 11.3. The number of hydrogen-bond acceptors (Lipinski definition) is 2. The molecule has 2 aliphatic rings. The number of aryl methyl sites for hydroxylation is 1. The molecule has 17 heavy (non-hydrogen) atoms. The largest absolute Gasteiger partial charge is 0.314 e. The zero-order chi connectivity index (χ0) is 11.7. The minimum Gasteiger partial charge on any atom is -0.314 e. The Bertz CT molecular complexity index is 363. The lowest BCUT2D eigenvalue weighted by atomic mass is 10.2. The quantitative estimate of drug-likeness (QED) is 0.733. The molecule has 1 heterocycles. The van der Waals surface area contributed by atoms with Crippen LogP contribution in [0.2, 0.25) is 0 Å². The summed E-state index contributed by atoms with van der Waals surface area (Å²) in [5.74, 6) is 0.888. The molecule has 2 saturated carbocycles. The molecule has 0 aromatic carbocycles. The Hall–Kier alpha value is -0.830. The van der Waals surface area contributed by atoms with Gasteiger partial charge < -0.3 is 5.32 Å². The van der Waals surface area contributed by atoms with Crippen molar-refractivity contribution in [1.82, 2.24) is 15.1 Å². The molecule has 2 aliphatic carbocycles. The molecule has 0 radical (unpaired) electrons. The highest BCUT2D eigenvalue weighted by atomic mass is 15.3. The molecular formula is C14H23N3. The fraction of sp³-hybridized carbons (Fsp3) is 0.786. The van der Waals surface area contributed by atoms with Crippen LogP contribution in [0.3, 0.4) is 0 Å². The topological polar surface area (TPSA) is 29.9 Å². The van der Waals surface area contributed by atoms with Crippen molar-refractivity contribution >= 4 is 0 Å². The second-order valence-corrected chi connectivity index (χ2v) is 5.74. The summed E-state index contributed by atoms with van der Waals surface area (Å²) in [6, 6.07) is 1.45. The first-order valence-electron chi connectivity index (χ1n) is 7.09. The maximum atomic E-state index is 4.50. The van der Waals surface area contributed by atoms with Crippen molar-refractivity contribution < 1.29 is 0 Å². The van der Waals surface area contributed by atoms with Gasteiger partial charge in [0.05, 0.1) is 12.2 Å².